The standard InChI is InChI=1S/C24H28FN3O2/c1-30-20-9-4-17-14-21(24(29)26-10-2-3-11-26)23-16-27(12-13-28(23)22(17)15-20)19-7-5-18(25)6-8-19/h4-9,15,21,23H,2-3,10-14,16H2,1H3/t21-,23+/m1/s1. The molecule has 6 heteroatoms. The fourth-order valence-corrected chi connectivity index (χ4v) is 5.25. The lowest BCUT2D eigenvalue weighted by atomic mass is 9.83. The number of rotatable bonds is 3. The Morgan fingerprint density at radius 1 is 1.03 bits per heavy atom. The van der Waals surface area contributed by atoms with Crippen molar-refractivity contribution in [3.8, 4) is 5.75 Å². The fraction of sp³-hybridized carbons (Fsp3) is 0.458. The third-order valence-electron chi connectivity index (χ3n) is 6.85. The number of benzene rings is 2. The molecule has 5 rings (SSSR count). The minimum Gasteiger partial charge on any atom is -0.497 e. The van der Waals surface area contributed by atoms with E-state index < -0.39 is 0 Å². The molecule has 2 saturated heterocycles. The van der Waals surface area contributed by atoms with Gasteiger partial charge in [0.25, 0.3) is 0 Å². The van der Waals surface area contributed by atoms with Crippen LogP contribution in [-0.4, -0.2) is 56.7 Å². The van der Waals surface area contributed by atoms with Gasteiger partial charge in [-0.25, -0.2) is 4.39 Å². The van der Waals surface area contributed by atoms with Gasteiger partial charge < -0.3 is 19.4 Å². The summed E-state index contributed by atoms with van der Waals surface area (Å²) in [4.78, 5) is 20.2. The minimum atomic E-state index is -0.224. The maximum atomic E-state index is 13.5. The largest absolute Gasteiger partial charge is 0.497 e. The molecule has 1 amide bonds. The Kier molecular flexibility index (Phi) is 5.01. The second-order valence-electron chi connectivity index (χ2n) is 8.52. The number of likely N-dealkylation sites (tertiary alicyclic amines) is 1. The van der Waals surface area contributed by atoms with Gasteiger partial charge in [-0.15, -0.1) is 0 Å². The van der Waals surface area contributed by atoms with Gasteiger partial charge in [0, 0.05) is 50.2 Å². The number of methoxy groups -OCH3 is 1. The predicted molar refractivity (Wildman–Crippen MR) is 116 cm³/mol. The Hall–Kier alpha value is -2.76. The normalized spacial score (nSPS) is 23.2. The molecule has 0 bridgehead atoms. The number of anilines is 2. The van der Waals surface area contributed by atoms with Crippen LogP contribution in [0, 0.1) is 11.7 Å². The maximum Gasteiger partial charge on any atom is 0.228 e. The van der Waals surface area contributed by atoms with E-state index in [-0.39, 0.29) is 23.7 Å². The average molecular weight is 410 g/mol. The van der Waals surface area contributed by atoms with Crippen LogP contribution in [-0.2, 0) is 11.2 Å². The minimum absolute atomic E-state index is 0.0627. The number of nitrogens with zero attached hydrogens (tertiary/aromatic N) is 3. The molecule has 0 saturated carbocycles. The molecule has 158 valence electrons. The Morgan fingerprint density at radius 2 is 1.80 bits per heavy atom. The average Bonchev–Trinajstić information content (AvgIpc) is 3.33. The summed E-state index contributed by atoms with van der Waals surface area (Å²) in [6, 6.07) is 13.0. The molecular weight excluding hydrogens is 381 g/mol. The molecule has 0 radical (unpaired) electrons. The molecule has 3 aliphatic heterocycles. The molecule has 5 nitrogen and oxygen atoms in total. The summed E-state index contributed by atoms with van der Waals surface area (Å²) in [5, 5.41) is 0. The van der Waals surface area contributed by atoms with Crippen molar-refractivity contribution in [1.82, 2.24) is 4.90 Å². The molecule has 2 aromatic carbocycles. The van der Waals surface area contributed by atoms with E-state index in [0.29, 0.717) is 0 Å². The number of ether oxygens (including phenoxy) is 1. The summed E-state index contributed by atoms with van der Waals surface area (Å²) in [6.45, 7) is 4.17. The zero-order chi connectivity index (χ0) is 20.7. The SMILES string of the molecule is COc1ccc2c(c1)N1CCN(c3ccc(F)cc3)C[C@H]1[C@H](C(=O)N1CCCC1)C2. The van der Waals surface area contributed by atoms with Crippen molar-refractivity contribution < 1.29 is 13.9 Å². The quantitative estimate of drug-likeness (QED) is 0.779. The summed E-state index contributed by atoms with van der Waals surface area (Å²) in [7, 11) is 1.69. The lowest BCUT2D eigenvalue weighted by Crippen LogP contribution is -2.61. The molecule has 0 aromatic heterocycles. The first-order chi connectivity index (χ1) is 14.6. The Bertz CT molecular complexity index is 927. The highest BCUT2D eigenvalue weighted by Gasteiger charge is 2.43. The molecule has 2 aromatic rings. The van der Waals surface area contributed by atoms with Gasteiger partial charge in [0.15, 0.2) is 0 Å². The van der Waals surface area contributed by atoms with Crippen LogP contribution in [0.4, 0.5) is 15.8 Å². The van der Waals surface area contributed by atoms with Gasteiger partial charge in [0.05, 0.1) is 19.1 Å². The Balaban J connectivity index is 1.48. The van der Waals surface area contributed by atoms with E-state index in [9.17, 15) is 9.18 Å². The molecule has 0 aliphatic carbocycles. The lowest BCUT2D eigenvalue weighted by molar-refractivity contribution is -0.135. The smallest absolute Gasteiger partial charge is 0.228 e. The zero-order valence-corrected chi connectivity index (χ0v) is 17.4. The van der Waals surface area contributed by atoms with Crippen LogP contribution >= 0.6 is 0 Å². The predicted octanol–water partition coefficient (Wildman–Crippen LogP) is 3.32. The Labute approximate surface area is 177 Å². The molecule has 30 heavy (non-hydrogen) atoms. The highest BCUT2D eigenvalue weighted by molar-refractivity contribution is 5.83. The van der Waals surface area contributed by atoms with Gasteiger partial charge in [0.2, 0.25) is 5.91 Å². The van der Waals surface area contributed by atoms with Gasteiger partial charge in [-0.2, -0.15) is 0 Å². The number of hydrogen-bond acceptors (Lipinski definition) is 4. The monoisotopic (exact) mass is 409 g/mol. The number of halogens is 1. The van der Waals surface area contributed by atoms with E-state index in [2.05, 4.69) is 21.9 Å². The van der Waals surface area contributed by atoms with Gasteiger partial charge in [-0.3, -0.25) is 4.79 Å². The van der Waals surface area contributed by atoms with Crippen LogP contribution in [0.1, 0.15) is 18.4 Å². The van der Waals surface area contributed by atoms with Gasteiger partial charge in [0.1, 0.15) is 11.6 Å². The van der Waals surface area contributed by atoms with Crippen LogP contribution in [0.25, 0.3) is 0 Å². The molecule has 0 N–H and O–H groups in total. The highest BCUT2D eigenvalue weighted by atomic mass is 19.1. The first-order valence-electron chi connectivity index (χ1n) is 10.9. The van der Waals surface area contributed by atoms with E-state index in [0.717, 1.165) is 63.4 Å². The zero-order valence-electron chi connectivity index (χ0n) is 17.4. The number of carbonyl (C=O) groups is 1. The first kappa shape index (κ1) is 19.2. The first-order valence-corrected chi connectivity index (χ1v) is 10.9. The highest BCUT2D eigenvalue weighted by Crippen LogP contribution is 2.39. The van der Waals surface area contributed by atoms with E-state index in [1.165, 1.54) is 23.4 Å². The van der Waals surface area contributed by atoms with E-state index in [1.54, 1.807) is 7.11 Å². The van der Waals surface area contributed by atoms with Crippen molar-refractivity contribution in [3.63, 3.8) is 0 Å². The molecule has 2 fully saturated rings. The lowest BCUT2D eigenvalue weighted by Gasteiger charge is -2.50. The van der Waals surface area contributed by atoms with Crippen molar-refractivity contribution in [1.29, 1.82) is 0 Å². The topological polar surface area (TPSA) is 36.0 Å². The second kappa shape index (κ2) is 7.82. The van der Waals surface area contributed by atoms with Crippen LogP contribution in [0.15, 0.2) is 42.5 Å². The number of fused-ring (bicyclic) bond motifs is 3. The van der Waals surface area contributed by atoms with Crippen LogP contribution in [0.5, 0.6) is 5.75 Å². The summed E-state index contributed by atoms with van der Waals surface area (Å²) in [5.74, 6) is 0.841. The third-order valence-corrected chi connectivity index (χ3v) is 6.85. The van der Waals surface area contributed by atoms with E-state index >= 15 is 0 Å². The van der Waals surface area contributed by atoms with Gasteiger partial charge >= 0.3 is 0 Å². The van der Waals surface area contributed by atoms with Crippen molar-refractivity contribution >= 4 is 17.3 Å². The number of amides is 1. The Morgan fingerprint density at radius 3 is 2.53 bits per heavy atom. The summed E-state index contributed by atoms with van der Waals surface area (Å²) in [6.07, 6.45) is 2.96. The maximum absolute atomic E-state index is 13.5. The molecule has 3 aliphatic rings. The van der Waals surface area contributed by atoms with Crippen molar-refractivity contribution in [2.75, 3.05) is 49.6 Å². The summed E-state index contributed by atoms with van der Waals surface area (Å²) >= 11 is 0. The van der Waals surface area contributed by atoms with E-state index in [1.807, 2.05) is 23.1 Å². The van der Waals surface area contributed by atoms with Crippen LogP contribution in [0.3, 0.4) is 0 Å². The fourth-order valence-electron chi connectivity index (χ4n) is 5.25. The summed E-state index contributed by atoms with van der Waals surface area (Å²) in [5.41, 5.74) is 3.42. The van der Waals surface area contributed by atoms with Crippen LogP contribution < -0.4 is 14.5 Å². The van der Waals surface area contributed by atoms with Gasteiger partial charge in [-0.05, 0) is 55.2 Å². The molecule has 2 atom stereocenters. The third kappa shape index (κ3) is 3.38. The van der Waals surface area contributed by atoms with E-state index in [4.69, 9.17) is 4.74 Å². The van der Waals surface area contributed by atoms with Crippen molar-refractivity contribution in [2.24, 2.45) is 5.92 Å². The van der Waals surface area contributed by atoms with Gasteiger partial charge in [-0.1, -0.05) is 6.07 Å². The molecule has 0 unspecified atom stereocenters. The molecule has 0 spiro atoms. The van der Waals surface area contributed by atoms with Crippen molar-refractivity contribution in [3.05, 3.63) is 53.8 Å². The molecular formula is C24H28FN3O2. The molecule has 3 heterocycles. The van der Waals surface area contributed by atoms with Crippen molar-refractivity contribution in [2.45, 2.75) is 25.3 Å². The second-order valence-corrected chi connectivity index (χ2v) is 8.52. The number of piperazine rings is 1. The number of carbonyl (C=O) groups excluding carboxylic acids is 1. The summed E-state index contributed by atoms with van der Waals surface area (Å²) < 4.78 is 18.9. The number of hydrogen-bond donors (Lipinski definition) is 0. The van der Waals surface area contributed by atoms with Crippen LogP contribution in [0.2, 0.25) is 0 Å².